The lowest BCUT2D eigenvalue weighted by atomic mass is 10.0. The van der Waals surface area contributed by atoms with Crippen molar-refractivity contribution in [3.63, 3.8) is 0 Å². The van der Waals surface area contributed by atoms with Crippen molar-refractivity contribution in [1.82, 2.24) is 0 Å². The molecule has 0 N–H and O–H groups in total. The number of Topliss-reactive ketones (excluding diaryl/α,β-unsaturated/α-hetero) is 1. The van der Waals surface area contributed by atoms with Crippen LogP contribution in [0.5, 0.6) is 5.75 Å². The Hall–Kier alpha value is -0.610. The van der Waals surface area contributed by atoms with Crippen molar-refractivity contribution < 1.29 is 9.53 Å². The van der Waals surface area contributed by atoms with Gasteiger partial charge in [0.15, 0.2) is 5.78 Å². The summed E-state index contributed by atoms with van der Waals surface area (Å²) >= 11 is 3.78. The standard InChI is InChI=1S/C15H18O2S2/c1-2-13-15(19-8-7-18-13)14(16)11-3-4-12-10(9-11)5-6-17-12/h3-4,9,13,15H,2,5-8H2,1H3. The lowest BCUT2D eigenvalue weighted by Crippen LogP contribution is -2.32. The van der Waals surface area contributed by atoms with Gasteiger partial charge in [-0.15, -0.1) is 11.8 Å². The van der Waals surface area contributed by atoms with Crippen LogP contribution in [0.3, 0.4) is 0 Å². The molecule has 3 rings (SSSR count). The Morgan fingerprint density at radius 1 is 1.37 bits per heavy atom. The first-order valence-corrected chi connectivity index (χ1v) is 8.92. The van der Waals surface area contributed by atoms with E-state index in [-0.39, 0.29) is 5.25 Å². The first-order valence-electron chi connectivity index (χ1n) is 6.82. The van der Waals surface area contributed by atoms with Crippen LogP contribution in [-0.2, 0) is 6.42 Å². The molecule has 1 aromatic rings. The van der Waals surface area contributed by atoms with E-state index in [0.29, 0.717) is 11.0 Å². The molecule has 0 aromatic heterocycles. The average Bonchev–Trinajstić information content (AvgIpc) is 2.93. The van der Waals surface area contributed by atoms with Crippen LogP contribution in [0.25, 0.3) is 0 Å². The molecule has 2 nitrogen and oxygen atoms in total. The van der Waals surface area contributed by atoms with E-state index in [1.54, 1.807) is 0 Å². The first-order chi connectivity index (χ1) is 9.29. The molecule has 102 valence electrons. The van der Waals surface area contributed by atoms with Gasteiger partial charge >= 0.3 is 0 Å². The molecule has 0 bridgehead atoms. The third-order valence-electron chi connectivity index (χ3n) is 3.69. The Kier molecular flexibility index (Phi) is 4.08. The summed E-state index contributed by atoms with van der Waals surface area (Å²) in [5, 5.41) is 0.597. The minimum atomic E-state index is 0.129. The number of carbonyl (C=O) groups excluding carboxylic acids is 1. The molecule has 1 saturated heterocycles. The Balaban J connectivity index is 1.82. The van der Waals surface area contributed by atoms with E-state index in [0.717, 1.165) is 36.5 Å². The lowest BCUT2D eigenvalue weighted by Gasteiger charge is -2.28. The Morgan fingerprint density at radius 3 is 3.05 bits per heavy atom. The number of ether oxygens (including phenoxy) is 1. The number of hydrogen-bond donors (Lipinski definition) is 0. The minimum absolute atomic E-state index is 0.129. The van der Waals surface area contributed by atoms with E-state index in [1.165, 1.54) is 11.3 Å². The summed E-state index contributed by atoms with van der Waals surface area (Å²) in [6.07, 6.45) is 2.00. The van der Waals surface area contributed by atoms with Crippen molar-refractivity contribution in [2.24, 2.45) is 0 Å². The van der Waals surface area contributed by atoms with Crippen LogP contribution in [0.1, 0.15) is 29.3 Å². The van der Waals surface area contributed by atoms with Gasteiger partial charge in [0.1, 0.15) is 5.75 Å². The third-order valence-corrected chi connectivity index (χ3v) is 6.93. The number of fused-ring (bicyclic) bond motifs is 1. The van der Waals surface area contributed by atoms with Crippen molar-refractivity contribution in [1.29, 1.82) is 0 Å². The van der Waals surface area contributed by atoms with Crippen molar-refractivity contribution in [2.45, 2.75) is 30.3 Å². The van der Waals surface area contributed by atoms with Crippen molar-refractivity contribution in [3.8, 4) is 5.75 Å². The molecule has 0 radical (unpaired) electrons. The van der Waals surface area contributed by atoms with Crippen molar-refractivity contribution >= 4 is 29.3 Å². The molecule has 1 fully saturated rings. The van der Waals surface area contributed by atoms with Gasteiger partial charge in [0.25, 0.3) is 0 Å². The fourth-order valence-corrected chi connectivity index (χ4v) is 5.68. The smallest absolute Gasteiger partial charge is 0.176 e. The number of hydrogen-bond acceptors (Lipinski definition) is 4. The summed E-state index contributed by atoms with van der Waals surface area (Å²) in [5.74, 6) is 3.52. The van der Waals surface area contributed by atoms with E-state index < -0.39 is 0 Å². The topological polar surface area (TPSA) is 26.3 Å². The van der Waals surface area contributed by atoms with Crippen LogP contribution >= 0.6 is 23.5 Å². The van der Waals surface area contributed by atoms with Gasteiger partial charge in [-0.3, -0.25) is 4.79 Å². The maximum atomic E-state index is 12.7. The summed E-state index contributed by atoms with van der Waals surface area (Å²) in [7, 11) is 0. The molecule has 0 spiro atoms. The molecule has 0 aliphatic carbocycles. The zero-order valence-corrected chi connectivity index (χ0v) is 12.7. The minimum Gasteiger partial charge on any atom is -0.493 e. The second-order valence-electron chi connectivity index (χ2n) is 4.89. The molecule has 4 heteroatoms. The van der Waals surface area contributed by atoms with Gasteiger partial charge in [-0.05, 0) is 30.2 Å². The Morgan fingerprint density at radius 2 is 2.21 bits per heavy atom. The zero-order valence-electron chi connectivity index (χ0n) is 11.1. The van der Waals surface area contributed by atoms with Crippen molar-refractivity contribution in [2.75, 3.05) is 18.1 Å². The zero-order chi connectivity index (χ0) is 13.2. The molecule has 2 aliphatic rings. The Bertz CT molecular complexity index is 487. The highest BCUT2D eigenvalue weighted by atomic mass is 32.2. The van der Waals surface area contributed by atoms with Crippen LogP contribution in [-0.4, -0.2) is 34.4 Å². The van der Waals surface area contributed by atoms with Gasteiger partial charge in [-0.25, -0.2) is 0 Å². The average molecular weight is 294 g/mol. The van der Waals surface area contributed by atoms with Crippen LogP contribution in [0, 0.1) is 0 Å². The molecule has 1 aromatic carbocycles. The number of rotatable bonds is 3. The highest BCUT2D eigenvalue weighted by Gasteiger charge is 2.32. The summed E-state index contributed by atoms with van der Waals surface area (Å²) in [6.45, 7) is 2.93. The molecule has 2 aliphatic heterocycles. The van der Waals surface area contributed by atoms with Crippen LogP contribution in [0.2, 0.25) is 0 Å². The maximum absolute atomic E-state index is 12.7. The van der Waals surface area contributed by atoms with Crippen molar-refractivity contribution in [3.05, 3.63) is 29.3 Å². The highest BCUT2D eigenvalue weighted by molar-refractivity contribution is 8.07. The molecule has 2 unspecified atom stereocenters. The van der Waals surface area contributed by atoms with Gasteiger partial charge in [-0.1, -0.05) is 6.92 Å². The van der Waals surface area contributed by atoms with E-state index in [9.17, 15) is 4.79 Å². The monoisotopic (exact) mass is 294 g/mol. The summed E-state index contributed by atoms with van der Waals surface area (Å²) in [4.78, 5) is 12.7. The molecule has 2 heterocycles. The SMILES string of the molecule is CCC1SCCSC1C(=O)c1ccc2c(c1)CCO2. The first kappa shape index (κ1) is 13.4. The van der Waals surface area contributed by atoms with Gasteiger partial charge < -0.3 is 4.74 Å². The molecule has 0 amide bonds. The van der Waals surface area contributed by atoms with Gasteiger partial charge in [-0.2, -0.15) is 11.8 Å². The number of thioether (sulfide) groups is 2. The number of ketones is 1. The predicted octanol–water partition coefficient (Wildman–Crippen LogP) is 3.43. The summed E-state index contributed by atoms with van der Waals surface area (Å²) in [6, 6.07) is 5.92. The van der Waals surface area contributed by atoms with E-state index in [2.05, 4.69) is 6.92 Å². The molecule has 19 heavy (non-hydrogen) atoms. The van der Waals surface area contributed by atoms with E-state index in [4.69, 9.17) is 4.74 Å². The normalized spacial score (nSPS) is 25.7. The molecular weight excluding hydrogens is 276 g/mol. The maximum Gasteiger partial charge on any atom is 0.176 e. The third kappa shape index (κ3) is 2.65. The summed E-state index contributed by atoms with van der Waals surface area (Å²) < 4.78 is 5.50. The second-order valence-corrected chi connectivity index (χ2v) is 7.49. The second kappa shape index (κ2) is 5.80. The fraction of sp³-hybridized carbons (Fsp3) is 0.533. The van der Waals surface area contributed by atoms with E-state index >= 15 is 0 Å². The van der Waals surface area contributed by atoms with Gasteiger partial charge in [0.2, 0.25) is 0 Å². The highest BCUT2D eigenvalue weighted by Crippen LogP contribution is 2.36. The number of benzene rings is 1. The van der Waals surface area contributed by atoms with E-state index in [1.807, 2.05) is 41.7 Å². The molecule has 0 saturated carbocycles. The quantitative estimate of drug-likeness (QED) is 0.798. The fourth-order valence-electron chi connectivity index (χ4n) is 2.65. The van der Waals surface area contributed by atoms with Gasteiger partial charge in [0, 0.05) is 28.7 Å². The van der Waals surface area contributed by atoms with Gasteiger partial charge in [0.05, 0.1) is 11.9 Å². The predicted molar refractivity (Wildman–Crippen MR) is 82.8 cm³/mol. The van der Waals surface area contributed by atoms with Crippen LogP contribution < -0.4 is 4.74 Å². The number of carbonyl (C=O) groups is 1. The molecular formula is C15H18O2S2. The Labute approximate surface area is 122 Å². The summed E-state index contributed by atoms with van der Waals surface area (Å²) in [5.41, 5.74) is 2.05. The van der Waals surface area contributed by atoms with Crippen LogP contribution in [0.4, 0.5) is 0 Å². The van der Waals surface area contributed by atoms with Crippen LogP contribution in [0.15, 0.2) is 18.2 Å². The lowest BCUT2D eigenvalue weighted by molar-refractivity contribution is 0.0988. The molecule has 2 atom stereocenters. The largest absolute Gasteiger partial charge is 0.493 e.